The zero-order valence-corrected chi connectivity index (χ0v) is 11.4. The van der Waals surface area contributed by atoms with Crippen molar-refractivity contribution in [2.24, 2.45) is 5.41 Å². The van der Waals surface area contributed by atoms with Crippen molar-refractivity contribution in [1.29, 1.82) is 0 Å². The van der Waals surface area contributed by atoms with Gasteiger partial charge in [0.2, 0.25) is 11.8 Å². The molecule has 0 unspecified atom stereocenters. The Balaban J connectivity index is 2.51. The Morgan fingerprint density at radius 2 is 1.89 bits per heavy atom. The molecular weight excluding hydrogens is 272 g/mol. The molecule has 0 aliphatic carbocycles. The van der Waals surface area contributed by atoms with Crippen molar-refractivity contribution in [3.05, 3.63) is 29.3 Å². The number of hydrogen-bond acceptors (Lipinski definition) is 3. The number of thiocarbonyl (C=S) groups is 1. The summed E-state index contributed by atoms with van der Waals surface area (Å²) in [4.78, 5) is 25.3. The number of hydrogen-bond donors (Lipinski definition) is 1. The van der Waals surface area contributed by atoms with Crippen LogP contribution in [0.25, 0.3) is 0 Å². The van der Waals surface area contributed by atoms with Gasteiger partial charge in [0.1, 0.15) is 5.41 Å². The van der Waals surface area contributed by atoms with Gasteiger partial charge in [0.15, 0.2) is 5.11 Å². The van der Waals surface area contributed by atoms with E-state index in [1.807, 2.05) is 0 Å². The molecule has 0 bridgehead atoms. The number of halogens is 1. The third-order valence-electron chi connectivity index (χ3n) is 2.82. The van der Waals surface area contributed by atoms with Crippen LogP contribution in [0.15, 0.2) is 24.3 Å². The van der Waals surface area contributed by atoms with Crippen LogP contribution in [0.1, 0.15) is 13.8 Å². The maximum absolute atomic E-state index is 12.3. The molecule has 0 radical (unpaired) electrons. The first-order chi connectivity index (χ1) is 8.35. The number of rotatable bonds is 1. The third kappa shape index (κ3) is 1.89. The van der Waals surface area contributed by atoms with Crippen molar-refractivity contribution in [3.63, 3.8) is 0 Å². The van der Waals surface area contributed by atoms with E-state index in [1.54, 1.807) is 38.1 Å². The summed E-state index contributed by atoms with van der Waals surface area (Å²) in [5.41, 5.74) is -0.691. The zero-order chi connectivity index (χ0) is 13.5. The molecule has 1 fully saturated rings. The van der Waals surface area contributed by atoms with Crippen LogP contribution in [0.4, 0.5) is 5.69 Å². The van der Waals surface area contributed by atoms with Gasteiger partial charge in [-0.2, -0.15) is 0 Å². The fourth-order valence-electron chi connectivity index (χ4n) is 1.63. The fraction of sp³-hybridized carbons (Fsp3) is 0.250. The predicted molar refractivity (Wildman–Crippen MR) is 73.5 cm³/mol. The molecular formula is C12H11ClN2O2S. The molecule has 0 saturated carbocycles. The minimum atomic E-state index is -1.17. The quantitative estimate of drug-likeness (QED) is 0.634. The van der Waals surface area contributed by atoms with Gasteiger partial charge in [-0.25, -0.2) is 0 Å². The van der Waals surface area contributed by atoms with E-state index in [-0.39, 0.29) is 11.0 Å². The number of carbonyl (C=O) groups excluding carboxylic acids is 2. The number of nitrogens with one attached hydrogen (secondary N) is 1. The van der Waals surface area contributed by atoms with Crippen molar-refractivity contribution in [3.8, 4) is 0 Å². The average Bonchev–Trinajstić information content (AvgIpc) is 2.30. The summed E-state index contributed by atoms with van der Waals surface area (Å²) in [7, 11) is 0. The number of para-hydroxylation sites is 1. The second-order valence-corrected chi connectivity index (χ2v) is 5.27. The summed E-state index contributed by atoms with van der Waals surface area (Å²) < 4.78 is 0. The molecule has 1 aliphatic heterocycles. The highest BCUT2D eigenvalue weighted by Gasteiger charge is 2.46. The molecule has 0 spiro atoms. The monoisotopic (exact) mass is 282 g/mol. The lowest BCUT2D eigenvalue weighted by Crippen LogP contribution is -2.62. The molecule has 1 heterocycles. The Kier molecular flexibility index (Phi) is 3.12. The highest BCUT2D eigenvalue weighted by molar-refractivity contribution is 7.80. The lowest BCUT2D eigenvalue weighted by Gasteiger charge is -2.36. The van der Waals surface area contributed by atoms with Gasteiger partial charge in [0.05, 0.1) is 10.7 Å². The molecule has 6 heteroatoms. The number of amides is 2. The summed E-state index contributed by atoms with van der Waals surface area (Å²) in [6.45, 7) is 3.10. The Labute approximate surface area is 115 Å². The molecule has 1 aromatic rings. The molecule has 1 N–H and O–H groups in total. The van der Waals surface area contributed by atoms with E-state index in [0.29, 0.717) is 10.7 Å². The number of anilines is 1. The lowest BCUT2D eigenvalue weighted by molar-refractivity contribution is -0.139. The van der Waals surface area contributed by atoms with Crippen LogP contribution >= 0.6 is 23.8 Å². The van der Waals surface area contributed by atoms with E-state index >= 15 is 0 Å². The summed E-state index contributed by atoms with van der Waals surface area (Å²) in [6, 6.07) is 6.85. The molecule has 2 amide bonds. The van der Waals surface area contributed by atoms with Gasteiger partial charge in [-0.05, 0) is 38.2 Å². The number of nitrogens with zero attached hydrogens (tertiary/aromatic N) is 1. The fourth-order valence-corrected chi connectivity index (χ4v) is 2.12. The van der Waals surface area contributed by atoms with Crippen LogP contribution in [0, 0.1) is 5.41 Å². The van der Waals surface area contributed by atoms with E-state index < -0.39 is 11.3 Å². The van der Waals surface area contributed by atoms with Crippen LogP contribution < -0.4 is 10.2 Å². The van der Waals surface area contributed by atoms with Crippen LogP contribution in [-0.2, 0) is 9.59 Å². The SMILES string of the molecule is CC1(C)C(=O)NC(=S)N(c2ccccc2Cl)C1=O. The van der Waals surface area contributed by atoms with Crippen molar-refractivity contribution in [2.45, 2.75) is 13.8 Å². The maximum atomic E-state index is 12.3. The molecule has 2 rings (SSSR count). The third-order valence-corrected chi connectivity index (χ3v) is 3.43. The van der Waals surface area contributed by atoms with Gasteiger partial charge in [0.25, 0.3) is 0 Å². The van der Waals surface area contributed by atoms with Crippen LogP contribution in [0.5, 0.6) is 0 Å². The second-order valence-electron chi connectivity index (χ2n) is 4.48. The molecule has 4 nitrogen and oxygen atoms in total. The van der Waals surface area contributed by atoms with Crippen molar-refractivity contribution < 1.29 is 9.59 Å². The standard InChI is InChI=1S/C12H11ClN2O2S/c1-12(2)9(16)14-11(18)15(10(12)17)8-6-4-3-5-7(8)13/h3-6H,1-2H3,(H,14,16,18). The van der Waals surface area contributed by atoms with Gasteiger partial charge in [-0.1, -0.05) is 23.7 Å². The molecule has 1 aliphatic rings. The summed E-state index contributed by atoms with van der Waals surface area (Å²) >= 11 is 11.1. The number of carbonyl (C=O) groups is 2. The normalized spacial score (nSPS) is 18.8. The van der Waals surface area contributed by atoms with Crippen molar-refractivity contribution >= 4 is 46.4 Å². The summed E-state index contributed by atoms with van der Waals surface area (Å²) in [5, 5.41) is 2.97. The largest absolute Gasteiger partial charge is 0.301 e. The predicted octanol–water partition coefficient (Wildman–Crippen LogP) is 2.11. The van der Waals surface area contributed by atoms with Gasteiger partial charge in [0, 0.05) is 0 Å². The van der Waals surface area contributed by atoms with Gasteiger partial charge < -0.3 is 5.32 Å². The molecule has 0 aromatic heterocycles. The van der Waals surface area contributed by atoms with Gasteiger partial charge in [-0.15, -0.1) is 0 Å². The molecule has 0 atom stereocenters. The van der Waals surface area contributed by atoms with E-state index in [9.17, 15) is 9.59 Å². The highest BCUT2D eigenvalue weighted by Crippen LogP contribution is 2.32. The van der Waals surface area contributed by atoms with E-state index in [4.69, 9.17) is 23.8 Å². The Morgan fingerprint density at radius 1 is 1.28 bits per heavy atom. The molecule has 94 valence electrons. The van der Waals surface area contributed by atoms with Gasteiger partial charge >= 0.3 is 0 Å². The summed E-state index contributed by atoms with van der Waals surface area (Å²) in [5.74, 6) is -0.787. The maximum Gasteiger partial charge on any atom is 0.248 e. The van der Waals surface area contributed by atoms with Crippen LogP contribution in [0.3, 0.4) is 0 Å². The first-order valence-corrected chi connectivity index (χ1v) is 6.09. The molecule has 1 aromatic carbocycles. The lowest BCUT2D eigenvalue weighted by atomic mass is 9.88. The minimum absolute atomic E-state index is 0.0532. The Bertz CT molecular complexity index is 557. The average molecular weight is 283 g/mol. The Hall–Kier alpha value is -1.46. The van der Waals surface area contributed by atoms with Crippen molar-refractivity contribution in [1.82, 2.24) is 5.32 Å². The molecule has 1 saturated heterocycles. The first-order valence-electron chi connectivity index (χ1n) is 5.30. The second kappa shape index (κ2) is 4.33. The van der Waals surface area contributed by atoms with Crippen LogP contribution in [0.2, 0.25) is 5.02 Å². The van der Waals surface area contributed by atoms with Gasteiger partial charge in [-0.3, -0.25) is 14.5 Å². The zero-order valence-electron chi connectivity index (χ0n) is 9.86. The molecule has 18 heavy (non-hydrogen) atoms. The van der Waals surface area contributed by atoms with Crippen molar-refractivity contribution in [2.75, 3.05) is 4.90 Å². The van der Waals surface area contributed by atoms with Crippen LogP contribution in [-0.4, -0.2) is 16.9 Å². The number of benzene rings is 1. The Morgan fingerprint density at radius 3 is 2.50 bits per heavy atom. The summed E-state index contributed by atoms with van der Waals surface area (Å²) in [6.07, 6.45) is 0. The van der Waals surface area contributed by atoms with E-state index in [1.165, 1.54) is 4.90 Å². The van der Waals surface area contributed by atoms with E-state index in [0.717, 1.165) is 0 Å². The topological polar surface area (TPSA) is 49.4 Å². The smallest absolute Gasteiger partial charge is 0.248 e. The van der Waals surface area contributed by atoms with E-state index in [2.05, 4.69) is 5.32 Å². The minimum Gasteiger partial charge on any atom is -0.301 e. The highest BCUT2D eigenvalue weighted by atomic mass is 35.5. The first kappa shape index (κ1) is 13.0.